The van der Waals surface area contributed by atoms with E-state index in [4.69, 9.17) is 42.8 Å². The summed E-state index contributed by atoms with van der Waals surface area (Å²) in [7, 11) is 0. The van der Waals surface area contributed by atoms with Crippen molar-refractivity contribution in [2.45, 2.75) is 37.9 Å². The molecule has 0 aliphatic heterocycles. The van der Waals surface area contributed by atoms with Gasteiger partial charge in [-0.2, -0.15) is 9.78 Å². The summed E-state index contributed by atoms with van der Waals surface area (Å²) in [6.45, 7) is 0.318. The Kier molecular flexibility index (Phi) is 8.21. The lowest BCUT2D eigenvalue weighted by Crippen LogP contribution is -2.39. The maximum Gasteiger partial charge on any atom is 0.234 e. The largest absolute Gasteiger partial charge is 0.360 e. The monoisotopic (exact) mass is 426 g/mol. The van der Waals surface area contributed by atoms with Gasteiger partial charge in [0, 0.05) is 34.3 Å². The van der Waals surface area contributed by atoms with Crippen LogP contribution in [0.15, 0.2) is 48.5 Å². The van der Waals surface area contributed by atoms with Crippen molar-refractivity contribution < 1.29 is 19.6 Å². The zero-order chi connectivity index (χ0) is 19.7. The molecular formula is C20H24Cl2N2O4. The van der Waals surface area contributed by atoms with Crippen LogP contribution in [0.5, 0.6) is 0 Å². The Bertz CT molecular complexity index is 686. The van der Waals surface area contributed by atoms with Crippen LogP contribution in [0.3, 0.4) is 0 Å². The van der Waals surface area contributed by atoms with E-state index in [2.05, 4.69) is 10.6 Å². The molecule has 1 fully saturated rings. The van der Waals surface area contributed by atoms with Crippen LogP contribution < -0.4 is 10.6 Å². The summed E-state index contributed by atoms with van der Waals surface area (Å²) < 4.78 is 0. The first-order chi connectivity index (χ1) is 13.7. The molecule has 0 spiro atoms. The molecule has 8 heteroatoms. The molecule has 152 valence electrons. The van der Waals surface area contributed by atoms with Gasteiger partial charge in [-0.15, -0.1) is 0 Å². The summed E-state index contributed by atoms with van der Waals surface area (Å²) >= 11 is 11.9. The molecule has 1 aliphatic carbocycles. The molecule has 6 nitrogen and oxygen atoms in total. The van der Waals surface area contributed by atoms with Gasteiger partial charge in [0.2, 0.25) is 5.79 Å². The first-order valence-corrected chi connectivity index (χ1v) is 10.0. The number of hydrogen-bond acceptors (Lipinski definition) is 6. The van der Waals surface area contributed by atoms with E-state index in [0.717, 1.165) is 30.6 Å². The highest BCUT2D eigenvalue weighted by Crippen LogP contribution is 2.33. The highest BCUT2D eigenvalue weighted by atomic mass is 35.5. The third-order valence-corrected chi connectivity index (χ3v) is 4.83. The van der Waals surface area contributed by atoms with E-state index in [-0.39, 0.29) is 13.5 Å². The van der Waals surface area contributed by atoms with E-state index in [9.17, 15) is 0 Å². The third-order valence-electron chi connectivity index (χ3n) is 4.36. The van der Waals surface area contributed by atoms with Crippen LogP contribution in [0.2, 0.25) is 10.0 Å². The molecule has 1 aliphatic rings. The minimum atomic E-state index is -0.912. The zero-order valence-electron chi connectivity index (χ0n) is 15.5. The molecular weight excluding hydrogens is 403 g/mol. The van der Waals surface area contributed by atoms with Crippen molar-refractivity contribution in [3.8, 4) is 0 Å². The fraction of sp³-hybridized carbons (Fsp3) is 0.400. The molecule has 2 aromatic carbocycles. The Balaban J connectivity index is 1.42. The molecule has 0 bridgehead atoms. The van der Waals surface area contributed by atoms with Gasteiger partial charge in [-0.25, -0.2) is 9.78 Å². The number of benzene rings is 2. The Labute approximate surface area is 174 Å². The van der Waals surface area contributed by atoms with Crippen LogP contribution in [0.1, 0.15) is 32.1 Å². The van der Waals surface area contributed by atoms with Crippen LogP contribution in [0, 0.1) is 0 Å². The summed E-state index contributed by atoms with van der Waals surface area (Å²) in [6.07, 6.45) is 4.49. The number of nitrogens with one attached hydrogen (secondary N) is 2. The Hall–Kier alpha value is -1.54. The lowest BCUT2D eigenvalue weighted by molar-refractivity contribution is -0.514. The van der Waals surface area contributed by atoms with Gasteiger partial charge < -0.3 is 10.6 Å². The van der Waals surface area contributed by atoms with Crippen molar-refractivity contribution in [2.75, 3.05) is 24.1 Å². The van der Waals surface area contributed by atoms with Gasteiger partial charge in [-0.05, 0) is 49.2 Å². The molecule has 0 saturated heterocycles. The lowest BCUT2D eigenvalue weighted by atomic mass is 9.94. The van der Waals surface area contributed by atoms with E-state index in [1.807, 2.05) is 48.5 Å². The zero-order valence-corrected chi connectivity index (χ0v) is 17.0. The summed E-state index contributed by atoms with van der Waals surface area (Å²) in [5.74, 6) is -0.912. The molecule has 0 aromatic heterocycles. The molecule has 1 saturated carbocycles. The smallest absolute Gasteiger partial charge is 0.234 e. The van der Waals surface area contributed by atoms with Crippen molar-refractivity contribution in [2.24, 2.45) is 0 Å². The van der Waals surface area contributed by atoms with Crippen LogP contribution in [-0.2, 0) is 19.6 Å². The highest BCUT2D eigenvalue weighted by Gasteiger charge is 2.37. The van der Waals surface area contributed by atoms with Crippen molar-refractivity contribution in [3.63, 3.8) is 0 Å². The van der Waals surface area contributed by atoms with Crippen LogP contribution in [-0.4, -0.2) is 19.2 Å². The Morgan fingerprint density at radius 2 is 1.25 bits per heavy atom. The molecule has 28 heavy (non-hydrogen) atoms. The molecule has 3 rings (SSSR count). The Morgan fingerprint density at radius 3 is 1.71 bits per heavy atom. The Morgan fingerprint density at radius 1 is 0.750 bits per heavy atom. The predicted molar refractivity (Wildman–Crippen MR) is 110 cm³/mol. The van der Waals surface area contributed by atoms with Gasteiger partial charge in [0.15, 0.2) is 13.5 Å². The lowest BCUT2D eigenvalue weighted by Gasteiger charge is -2.33. The normalized spacial score (nSPS) is 15.9. The van der Waals surface area contributed by atoms with E-state index >= 15 is 0 Å². The van der Waals surface area contributed by atoms with Crippen molar-refractivity contribution in [1.82, 2.24) is 0 Å². The predicted octanol–water partition coefficient (Wildman–Crippen LogP) is 5.99. The van der Waals surface area contributed by atoms with Crippen molar-refractivity contribution in [3.05, 3.63) is 58.6 Å². The van der Waals surface area contributed by atoms with Gasteiger partial charge in [-0.1, -0.05) is 41.8 Å². The third kappa shape index (κ3) is 6.81. The van der Waals surface area contributed by atoms with E-state index in [1.165, 1.54) is 0 Å². The second-order valence-electron chi connectivity index (χ2n) is 6.54. The van der Waals surface area contributed by atoms with Gasteiger partial charge >= 0.3 is 0 Å². The fourth-order valence-electron chi connectivity index (χ4n) is 2.97. The van der Waals surface area contributed by atoms with Crippen LogP contribution in [0.4, 0.5) is 11.4 Å². The summed E-state index contributed by atoms with van der Waals surface area (Å²) in [5, 5.41) is 7.47. The minimum Gasteiger partial charge on any atom is -0.360 e. The minimum absolute atomic E-state index is 0.159. The average molecular weight is 427 g/mol. The summed E-state index contributed by atoms with van der Waals surface area (Å²) in [4.78, 5) is 21.9. The fourth-order valence-corrected chi connectivity index (χ4v) is 3.35. The van der Waals surface area contributed by atoms with E-state index in [1.54, 1.807) is 0 Å². The standard InChI is InChI=1S/C20H24Cl2N2O4/c21-16-6-4-8-18(12-16)23-14-25-27-20(10-2-1-3-11-20)28-26-15-24-19-9-5-7-17(22)13-19/h4-9,12-13,23-24H,1-3,10-11,14-15H2. The van der Waals surface area contributed by atoms with Crippen molar-refractivity contribution in [1.29, 1.82) is 0 Å². The first-order valence-electron chi connectivity index (χ1n) is 9.25. The van der Waals surface area contributed by atoms with Crippen LogP contribution in [0.25, 0.3) is 0 Å². The quantitative estimate of drug-likeness (QED) is 0.210. The maximum atomic E-state index is 5.96. The number of anilines is 2. The SMILES string of the molecule is Clc1cccc(NCOOC2(OOCNc3cccc(Cl)c3)CCCCC2)c1. The van der Waals surface area contributed by atoms with E-state index < -0.39 is 5.79 Å². The topological polar surface area (TPSA) is 61.0 Å². The molecule has 0 radical (unpaired) electrons. The average Bonchev–Trinajstić information content (AvgIpc) is 2.70. The summed E-state index contributed by atoms with van der Waals surface area (Å²) in [6, 6.07) is 14.7. The second kappa shape index (κ2) is 10.9. The molecule has 0 heterocycles. The van der Waals surface area contributed by atoms with Crippen molar-refractivity contribution >= 4 is 34.6 Å². The molecule has 0 atom stereocenters. The number of rotatable bonds is 10. The number of halogens is 2. The van der Waals surface area contributed by atoms with Gasteiger partial charge in [0.25, 0.3) is 0 Å². The molecule has 0 unspecified atom stereocenters. The van der Waals surface area contributed by atoms with Crippen LogP contribution >= 0.6 is 23.2 Å². The highest BCUT2D eigenvalue weighted by molar-refractivity contribution is 6.31. The van der Waals surface area contributed by atoms with Gasteiger partial charge in [0.05, 0.1) is 0 Å². The molecule has 2 aromatic rings. The maximum absolute atomic E-state index is 5.96. The van der Waals surface area contributed by atoms with E-state index in [0.29, 0.717) is 22.9 Å². The second-order valence-corrected chi connectivity index (χ2v) is 7.41. The van der Waals surface area contributed by atoms with Gasteiger partial charge in [-0.3, -0.25) is 0 Å². The molecule has 0 amide bonds. The van der Waals surface area contributed by atoms with Gasteiger partial charge in [0.1, 0.15) is 0 Å². The molecule has 2 N–H and O–H groups in total. The first kappa shape index (κ1) is 21.2. The number of hydrogen-bond donors (Lipinski definition) is 2. The summed E-state index contributed by atoms with van der Waals surface area (Å²) in [5.41, 5.74) is 1.69.